The van der Waals surface area contributed by atoms with Crippen LogP contribution in [-0.2, 0) is 20.1 Å². The summed E-state index contributed by atoms with van der Waals surface area (Å²) in [4.78, 5) is 38.2. The molecule has 0 aliphatic heterocycles. The van der Waals surface area contributed by atoms with Crippen LogP contribution < -0.4 is 5.32 Å². The maximum atomic E-state index is 12.5. The maximum Gasteiger partial charge on any atom is 0.339 e. The molecule has 1 N–H and O–H groups in total. The number of aromatic nitrogens is 1. The molecule has 2 rings (SSSR count). The van der Waals surface area contributed by atoms with E-state index in [0.717, 1.165) is 22.8 Å². The summed E-state index contributed by atoms with van der Waals surface area (Å²) < 4.78 is 10.2. The van der Waals surface area contributed by atoms with Gasteiger partial charge in [0.2, 0.25) is 5.91 Å². The highest BCUT2D eigenvalue weighted by atomic mass is 32.2. The Morgan fingerprint density at radius 3 is 2.72 bits per heavy atom. The summed E-state index contributed by atoms with van der Waals surface area (Å²) in [5, 5.41) is 6.62. The van der Waals surface area contributed by atoms with E-state index in [-0.39, 0.29) is 12.5 Å². The van der Waals surface area contributed by atoms with Gasteiger partial charge in [0.1, 0.15) is 5.76 Å². The van der Waals surface area contributed by atoms with Gasteiger partial charge in [-0.15, -0.1) is 11.8 Å². The van der Waals surface area contributed by atoms with Crippen LogP contribution >= 0.6 is 11.8 Å². The lowest BCUT2D eigenvalue weighted by molar-refractivity contribution is -0.137. The third-order valence-electron chi connectivity index (χ3n) is 3.86. The molecule has 0 saturated heterocycles. The van der Waals surface area contributed by atoms with E-state index in [0.29, 0.717) is 17.9 Å². The second-order valence-electron chi connectivity index (χ2n) is 6.39. The molecule has 0 spiro atoms. The number of ether oxygens (including phenoxy) is 1. The lowest BCUT2D eigenvalue weighted by Crippen LogP contribution is -2.40. The molecule has 8 nitrogen and oxygen atoms in total. The molecule has 0 unspecified atom stereocenters. The van der Waals surface area contributed by atoms with Crippen LogP contribution in [0, 0.1) is 6.92 Å². The molecular formula is C20H25N3O5S. The molecule has 0 aliphatic rings. The summed E-state index contributed by atoms with van der Waals surface area (Å²) >= 11 is 1.43. The van der Waals surface area contributed by atoms with Crippen LogP contribution in [0.15, 0.2) is 39.8 Å². The van der Waals surface area contributed by atoms with Gasteiger partial charge in [-0.3, -0.25) is 9.59 Å². The van der Waals surface area contributed by atoms with E-state index in [1.54, 1.807) is 18.2 Å². The normalized spacial score (nSPS) is 10.4. The Balaban J connectivity index is 1.88. The molecule has 0 bridgehead atoms. The van der Waals surface area contributed by atoms with Gasteiger partial charge in [0.05, 0.1) is 17.8 Å². The predicted molar refractivity (Wildman–Crippen MR) is 108 cm³/mol. The van der Waals surface area contributed by atoms with Crippen LogP contribution in [0.5, 0.6) is 0 Å². The molecule has 0 atom stereocenters. The Bertz CT molecular complexity index is 852. The fourth-order valence-electron chi connectivity index (χ4n) is 2.34. The molecule has 29 heavy (non-hydrogen) atoms. The Hall–Kier alpha value is -2.81. The number of rotatable bonds is 10. The van der Waals surface area contributed by atoms with E-state index < -0.39 is 18.5 Å². The summed E-state index contributed by atoms with van der Waals surface area (Å²) in [6.45, 7) is 3.79. The van der Waals surface area contributed by atoms with Gasteiger partial charge in [0, 0.05) is 30.3 Å². The summed E-state index contributed by atoms with van der Waals surface area (Å²) in [6, 6.07) is 8.83. The van der Waals surface area contributed by atoms with Gasteiger partial charge in [-0.25, -0.2) is 4.79 Å². The second kappa shape index (κ2) is 11.3. The Kier molecular flexibility index (Phi) is 8.72. The number of carbonyl (C=O) groups is 3. The van der Waals surface area contributed by atoms with Crippen LogP contribution in [-0.4, -0.2) is 54.6 Å². The van der Waals surface area contributed by atoms with Crippen molar-refractivity contribution in [2.45, 2.75) is 30.9 Å². The lowest BCUT2D eigenvalue weighted by atomic mass is 10.2. The number of nitrogens with one attached hydrogen (secondary N) is 1. The fraction of sp³-hybridized carbons (Fsp3) is 0.400. The molecule has 2 aromatic rings. The number of hydrogen-bond donors (Lipinski definition) is 1. The Morgan fingerprint density at radius 1 is 1.28 bits per heavy atom. The van der Waals surface area contributed by atoms with Gasteiger partial charge in [0.15, 0.2) is 6.61 Å². The lowest BCUT2D eigenvalue weighted by Gasteiger charge is -2.17. The first-order valence-corrected chi connectivity index (χ1v) is 10.2. The van der Waals surface area contributed by atoms with Crippen molar-refractivity contribution in [2.24, 2.45) is 0 Å². The van der Waals surface area contributed by atoms with Crippen molar-refractivity contribution in [3.8, 4) is 0 Å². The van der Waals surface area contributed by atoms with E-state index in [4.69, 9.17) is 9.26 Å². The number of aryl methyl sites for hydroxylation is 1. The minimum Gasteiger partial charge on any atom is -0.452 e. The van der Waals surface area contributed by atoms with Crippen molar-refractivity contribution in [1.82, 2.24) is 15.4 Å². The zero-order valence-corrected chi connectivity index (χ0v) is 17.6. The molecule has 0 aliphatic carbocycles. The largest absolute Gasteiger partial charge is 0.452 e. The Labute approximate surface area is 173 Å². The molecule has 0 saturated carbocycles. The minimum absolute atomic E-state index is 0.0834. The molecular weight excluding hydrogens is 394 g/mol. The number of carbonyl (C=O) groups excluding carboxylic acids is 3. The standard InChI is InChI=1S/C20H25N3O5S/c1-4-9-21-18(24)11-23(3)19(25)12-27-20(26)16-7-5-6-8-17(16)29-13-15-10-14(2)28-22-15/h5-8,10H,4,9,11-13H2,1-3H3,(H,21,24). The first kappa shape index (κ1) is 22.5. The average molecular weight is 420 g/mol. The van der Waals surface area contributed by atoms with Crippen LogP contribution in [0.25, 0.3) is 0 Å². The van der Waals surface area contributed by atoms with Gasteiger partial charge in [-0.1, -0.05) is 24.2 Å². The quantitative estimate of drug-likeness (QED) is 0.466. The summed E-state index contributed by atoms with van der Waals surface area (Å²) in [6.07, 6.45) is 0.814. The van der Waals surface area contributed by atoms with Crippen molar-refractivity contribution in [3.63, 3.8) is 0 Å². The third kappa shape index (κ3) is 7.26. The topological polar surface area (TPSA) is 102 Å². The monoisotopic (exact) mass is 419 g/mol. The molecule has 1 aromatic heterocycles. The highest BCUT2D eigenvalue weighted by Crippen LogP contribution is 2.26. The number of hydrogen-bond acceptors (Lipinski definition) is 7. The van der Waals surface area contributed by atoms with E-state index in [1.165, 1.54) is 23.7 Å². The fourth-order valence-corrected chi connectivity index (χ4v) is 3.26. The number of thioether (sulfide) groups is 1. The first-order valence-electron chi connectivity index (χ1n) is 9.22. The molecule has 0 radical (unpaired) electrons. The van der Waals surface area contributed by atoms with Crippen molar-refractivity contribution < 1.29 is 23.6 Å². The van der Waals surface area contributed by atoms with Crippen LogP contribution in [0.2, 0.25) is 0 Å². The van der Waals surface area contributed by atoms with Gasteiger partial charge < -0.3 is 19.5 Å². The number of likely N-dealkylation sites (N-methyl/N-ethyl adjacent to an activating group) is 1. The van der Waals surface area contributed by atoms with Crippen molar-refractivity contribution in [1.29, 1.82) is 0 Å². The predicted octanol–water partition coefficient (Wildman–Crippen LogP) is 2.42. The van der Waals surface area contributed by atoms with Crippen molar-refractivity contribution in [2.75, 3.05) is 26.7 Å². The number of benzene rings is 1. The van der Waals surface area contributed by atoms with Gasteiger partial charge in [0.25, 0.3) is 5.91 Å². The number of nitrogens with zero attached hydrogens (tertiary/aromatic N) is 2. The SMILES string of the molecule is CCCNC(=O)CN(C)C(=O)COC(=O)c1ccccc1SCc1cc(C)on1. The highest BCUT2D eigenvalue weighted by Gasteiger charge is 2.18. The van der Waals surface area contributed by atoms with E-state index in [2.05, 4.69) is 10.5 Å². The van der Waals surface area contributed by atoms with Crippen LogP contribution in [0.1, 0.15) is 35.2 Å². The molecule has 1 heterocycles. The highest BCUT2D eigenvalue weighted by molar-refractivity contribution is 7.98. The minimum atomic E-state index is -0.596. The molecule has 0 fully saturated rings. The number of amides is 2. The van der Waals surface area contributed by atoms with E-state index >= 15 is 0 Å². The van der Waals surface area contributed by atoms with Gasteiger partial charge >= 0.3 is 5.97 Å². The Morgan fingerprint density at radius 2 is 2.03 bits per heavy atom. The zero-order chi connectivity index (χ0) is 21.2. The summed E-state index contributed by atoms with van der Waals surface area (Å²) in [7, 11) is 1.49. The van der Waals surface area contributed by atoms with Gasteiger partial charge in [-0.2, -0.15) is 0 Å². The summed E-state index contributed by atoms with van der Waals surface area (Å²) in [5.74, 6) is -0.0381. The van der Waals surface area contributed by atoms with Crippen molar-refractivity contribution >= 4 is 29.5 Å². The molecule has 9 heteroatoms. The molecule has 1 aromatic carbocycles. The average Bonchev–Trinajstić information content (AvgIpc) is 3.13. The second-order valence-corrected chi connectivity index (χ2v) is 7.41. The van der Waals surface area contributed by atoms with Crippen LogP contribution in [0.3, 0.4) is 0 Å². The first-order chi connectivity index (χ1) is 13.9. The van der Waals surface area contributed by atoms with E-state index in [9.17, 15) is 14.4 Å². The summed E-state index contributed by atoms with van der Waals surface area (Å²) in [5.41, 5.74) is 1.14. The zero-order valence-electron chi connectivity index (χ0n) is 16.8. The third-order valence-corrected chi connectivity index (χ3v) is 4.97. The van der Waals surface area contributed by atoms with Crippen LogP contribution in [0.4, 0.5) is 0 Å². The maximum absolute atomic E-state index is 12.5. The van der Waals surface area contributed by atoms with E-state index in [1.807, 2.05) is 26.0 Å². The number of esters is 1. The van der Waals surface area contributed by atoms with Crippen molar-refractivity contribution in [3.05, 3.63) is 47.3 Å². The smallest absolute Gasteiger partial charge is 0.339 e. The molecule has 2 amide bonds. The van der Waals surface area contributed by atoms with Gasteiger partial charge in [-0.05, 0) is 25.5 Å². The molecule has 156 valence electrons.